The van der Waals surface area contributed by atoms with Gasteiger partial charge in [0.05, 0.1) is 18.4 Å². The fourth-order valence-electron chi connectivity index (χ4n) is 4.23. The number of likely N-dealkylation sites (tertiary alicyclic amines) is 1. The number of amides is 2. The number of halogens is 1. The molecule has 4 aromatic rings. The SMILES string of the molecule is CC(=O)N1CCC[C@@H]1C(=O)Nc1cnc(-c2cc(-c3ccon3)n(Cc3ccccc3F)n2)nc1N. The maximum atomic E-state index is 14.3. The van der Waals surface area contributed by atoms with Crippen LogP contribution >= 0.6 is 0 Å². The Labute approximate surface area is 205 Å². The van der Waals surface area contributed by atoms with Gasteiger partial charge in [-0.3, -0.25) is 14.3 Å². The minimum absolute atomic E-state index is 0.0485. The third-order valence-corrected chi connectivity index (χ3v) is 6.02. The number of aromatic nitrogens is 5. The molecule has 3 N–H and O–H groups in total. The quantitative estimate of drug-likeness (QED) is 0.420. The molecule has 4 heterocycles. The van der Waals surface area contributed by atoms with Gasteiger partial charge in [0, 0.05) is 25.1 Å². The van der Waals surface area contributed by atoms with Crippen molar-refractivity contribution in [2.75, 3.05) is 17.6 Å². The summed E-state index contributed by atoms with van der Waals surface area (Å²) in [7, 11) is 0. The highest BCUT2D eigenvalue weighted by molar-refractivity contribution is 5.98. The molecule has 0 spiro atoms. The summed E-state index contributed by atoms with van der Waals surface area (Å²) in [5.41, 5.74) is 8.27. The number of nitrogens with zero attached hydrogens (tertiary/aromatic N) is 6. The number of anilines is 2. The van der Waals surface area contributed by atoms with E-state index >= 15 is 0 Å². The Morgan fingerprint density at radius 1 is 1.25 bits per heavy atom. The summed E-state index contributed by atoms with van der Waals surface area (Å²) in [6.45, 7) is 2.13. The highest BCUT2D eigenvalue weighted by Crippen LogP contribution is 2.27. The Morgan fingerprint density at radius 2 is 2.08 bits per heavy atom. The Balaban J connectivity index is 1.42. The van der Waals surface area contributed by atoms with Crippen molar-refractivity contribution in [3.63, 3.8) is 0 Å². The summed E-state index contributed by atoms with van der Waals surface area (Å²) in [5.74, 6) is -0.581. The second-order valence-electron chi connectivity index (χ2n) is 8.40. The lowest BCUT2D eigenvalue weighted by Gasteiger charge is -2.22. The average molecular weight is 490 g/mol. The van der Waals surface area contributed by atoms with Crippen LogP contribution in [0.2, 0.25) is 0 Å². The lowest BCUT2D eigenvalue weighted by Crippen LogP contribution is -2.42. The third kappa shape index (κ3) is 4.52. The van der Waals surface area contributed by atoms with E-state index in [4.69, 9.17) is 10.3 Å². The number of rotatable bonds is 6. The fraction of sp³-hybridized carbons (Fsp3) is 0.250. The molecule has 1 saturated heterocycles. The van der Waals surface area contributed by atoms with E-state index in [-0.39, 0.29) is 41.5 Å². The summed E-state index contributed by atoms with van der Waals surface area (Å²) < 4.78 is 20.8. The summed E-state index contributed by atoms with van der Waals surface area (Å²) in [5, 5.41) is 11.2. The van der Waals surface area contributed by atoms with Gasteiger partial charge in [0.25, 0.3) is 0 Å². The molecule has 1 aromatic carbocycles. The number of nitrogen functional groups attached to an aromatic ring is 1. The Hall–Kier alpha value is -4.61. The first-order chi connectivity index (χ1) is 17.4. The lowest BCUT2D eigenvalue weighted by molar-refractivity contribution is -0.134. The zero-order chi connectivity index (χ0) is 25.2. The standard InChI is InChI=1S/C24H23FN8O3/c1-14(34)32-9-4-7-20(32)24(35)28-19-12-27-23(29-22(19)26)18-11-21(17-8-10-36-31-17)33(30-18)13-15-5-2-3-6-16(15)25/h2-3,5-6,8,10-12,20H,4,7,9,13H2,1H3,(H,28,35)(H2,26,27,29)/t20-/m1/s1. The molecule has 184 valence electrons. The van der Waals surface area contributed by atoms with Crippen molar-refractivity contribution in [2.24, 2.45) is 0 Å². The van der Waals surface area contributed by atoms with Gasteiger partial charge < -0.3 is 20.5 Å². The van der Waals surface area contributed by atoms with E-state index in [1.54, 1.807) is 35.0 Å². The van der Waals surface area contributed by atoms with Crippen LogP contribution < -0.4 is 11.1 Å². The van der Waals surface area contributed by atoms with Crippen LogP contribution in [0.15, 0.2) is 53.4 Å². The molecule has 0 unspecified atom stereocenters. The van der Waals surface area contributed by atoms with Gasteiger partial charge in [-0.25, -0.2) is 14.4 Å². The van der Waals surface area contributed by atoms with Gasteiger partial charge in [-0.15, -0.1) is 0 Å². The van der Waals surface area contributed by atoms with Crippen LogP contribution in [0.3, 0.4) is 0 Å². The van der Waals surface area contributed by atoms with Crippen molar-refractivity contribution in [1.29, 1.82) is 0 Å². The molecule has 11 nitrogen and oxygen atoms in total. The molecule has 1 aliphatic rings. The van der Waals surface area contributed by atoms with Gasteiger partial charge in [0.1, 0.15) is 35.2 Å². The number of nitrogens with two attached hydrogens (primary N) is 1. The minimum Gasteiger partial charge on any atom is -0.382 e. The molecule has 1 aliphatic heterocycles. The molecule has 2 amide bonds. The van der Waals surface area contributed by atoms with Crippen LogP contribution in [0.25, 0.3) is 22.9 Å². The predicted molar refractivity (Wildman–Crippen MR) is 128 cm³/mol. The number of hydrogen-bond donors (Lipinski definition) is 2. The molecule has 1 fully saturated rings. The Morgan fingerprint density at radius 3 is 2.81 bits per heavy atom. The number of benzene rings is 1. The van der Waals surface area contributed by atoms with Crippen LogP contribution in [0.5, 0.6) is 0 Å². The van der Waals surface area contributed by atoms with Crippen LogP contribution in [0, 0.1) is 5.82 Å². The van der Waals surface area contributed by atoms with E-state index < -0.39 is 6.04 Å². The van der Waals surface area contributed by atoms with Crippen molar-refractivity contribution < 1.29 is 18.5 Å². The zero-order valence-electron chi connectivity index (χ0n) is 19.4. The Kier molecular flexibility index (Phi) is 6.15. The van der Waals surface area contributed by atoms with E-state index in [2.05, 4.69) is 25.5 Å². The third-order valence-electron chi connectivity index (χ3n) is 6.02. The van der Waals surface area contributed by atoms with Crippen molar-refractivity contribution in [2.45, 2.75) is 32.4 Å². The van der Waals surface area contributed by atoms with Crippen LogP contribution in [0.1, 0.15) is 25.3 Å². The van der Waals surface area contributed by atoms with E-state index in [0.29, 0.717) is 35.6 Å². The molecule has 0 bridgehead atoms. The topological polar surface area (TPSA) is 145 Å². The summed E-state index contributed by atoms with van der Waals surface area (Å²) >= 11 is 0. The van der Waals surface area contributed by atoms with Crippen molar-refractivity contribution in [1.82, 2.24) is 29.8 Å². The monoisotopic (exact) mass is 490 g/mol. The number of carbonyl (C=O) groups excluding carboxylic acids is 2. The molecule has 0 radical (unpaired) electrons. The van der Waals surface area contributed by atoms with E-state index in [9.17, 15) is 14.0 Å². The molecule has 12 heteroatoms. The van der Waals surface area contributed by atoms with E-state index in [1.165, 1.54) is 30.4 Å². The zero-order valence-corrected chi connectivity index (χ0v) is 19.4. The van der Waals surface area contributed by atoms with Gasteiger partial charge in [0.2, 0.25) is 11.8 Å². The molecule has 3 aromatic heterocycles. The Bertz CT molecular complexity index is 1420. The summed E-state index contributed by atoms with van der Waals surface area (Å²) in [4.78, 5) is 34.7. The smallest absolute Gasteiger partial charge is 0.247 e. The minimum atomic E-state index is -0.555. The van der Waals surface area contributed by atoms with Crippen LogP contribution in [0.4, 0.5) is 15.9 Å². The van der Waals surface area contributed by atoms with Crippen molar-refractivity contribution in [3.05, 3.63) is 60.2 Å². The number of nitrogens with one attached hydrogen (secondary N) is 1. The summed E-state index contributed by atoms with van der Waals surface area (Å²) in [6, 6.07) is 9.24. The first-order valence-electron chi connectivity index (χ1n) is 11.3. The van der Waals surface area contributed by atoms with Gasteiger partial charge >= 0.3 is 0 Å². The highest BCUT2D eigenvalue weighted by Gasteiger charge is 2.32. The van der Waals surface area contributed by atoms with E-state index in [0.717, 1.165) is 6.42 Å². The second kappa shape index (κ2) is 9.56. The van der Waals surface area contributed by atoms with Gasteiger partial charge in [0.15, 0.2) is 11.6 Å². The predicted octanol–water partition coefficient (Wildman–Crippen LogP) is 2.71. The maximum Gasteiger partial charge on any atom is 0.247 e. The molecule has 0 saturated carbocycles. The largest absolute Gasteiger partial charge is 0.382 e. The average Bonchev–Trinajstić information content (AvgIpc) is 3.62. The van der Waals surface area contributed by atoms with E-state index in [1.807, 2.05) is 0 Å². The molecular formula is C24H23FN8O3. The fourth-order valence-corrected chi connectivity index (χ4v) is 4.23. The molecular weight excluding hydrogens is 467 g/mol. The normalized spacial score (nSPS) is 15.3. The van der Waals surface area contributed by atoms with Crippen molar-refractivity contribution >= 4 is 23.3 Å². The molecule has 1 atom stereocenters. The highest BCUT2D eigenvalue weighted by atomic mass is 19.1. The molecule has 5 rings (SSSR count). The second-order valence-corrected chi connectivity index (χ2v) is 8.40. The van der Waals surface area contributed by atoms with Gasteiger partial charge in [-0.05, 0) is 25.0 Å². The van der Waals surface area contributed by atoms with Crippen LogP contribution in [-0.2, 0) is 16.1 Å². The first-order valence-corrected chi connectivity index (χ1v) is 11.3. The number of carbonyl (C=O) groups is 2. The summed E-state index contributed by atoms with van der Waals surface area (Å²) in [6.07, 6.45) is 4.16. The lowest BCUT2D eigenvalue weighted by atomic mass is 10.2. The first kappa shape index (κ1) is 23.1. The van der Waals surface area contributed by atoms with Crippen molar-refractivity contribution in [3.8, 4) is 22.9 Å². The van der Waals surface area contributed by atoms with Gasteiger partial charge in [-0.2, -0.15) is 5.10 Å². The molecule has 36 heavy (non-hydrogen) atoms. The van der Waals surface area contributed by atoms with Crippen LogP contribution in [-0.4, -0.2) is 54.2 Å². The number of hydrogen-bond acceptors (Lipinski definition) is 8. The molecule has 0 aliphatic carbocycles. The van der Waals surface area contributed by atoms with Gasteiger partial charge in [-0.1, -0.05) is 23.4 Å². The maximum absolute atomic E-state index is 14.3.